The number of hydrogen-bond donors (Lipinski definition) is 0. The first-order valence-corrected chi connectivity index (χ1v) is 13.0. The number of benzene rings is 2. The van der Waals surface area contributed by atoms with E-state index >= 15 is 0 Å². The SMILES string of the molecule is CC.O=C(N1CCCC(CSc2ccc(C(F)(F)F)cc2)C1)C1(c2ccc(Cl)cc2)CCC1. The predicted octanol–water partition coefficient (Wildman–Crippen LogP) is 7.84. The smallest absolute Gasteiger partial charge is 0.342 e. The van der Waals surface area contributed by atoms with E-state index in [1.54, 1.807) is 11.8 Å². The van der Waals surface area contributed by atoms with Gasteiger partial charge in [-0.2, -0.15) is 13.2 Å². The summed E-state index contributed by atoms with van der Waals surface area (Å²) in [6.07, 6.45) is 0.473. The van der Waals surface area contributed by atoms with Gasteiger partial charge in [0.1, 0.15) is 0 Å². The lowest BCUT2D eigenvalue weighted by atomic mass is 9.63. The number of amides is 1. The first-order chi connectivity index (χ1) is 15.8. The number of nitrogens with zero attached hydrogens (tertiary/aromatic N) is 1. The van der Waals surface area contributed by atoms with Gasteiger partial charge in [-0.25, -0.2) is 0 Å². The zero-order valence-corrected chi connectivity index (χ0v) is 20.7. The van der Waals surface area contributed by atoms with Crippen LogP contribution in [0.15, 0.2) is 53.4 Å². The van der Waals surface area contributed by atoms with E-state index in [0.717, 1.165) is 67.0 Å². The van der Waals surface area contributed by atoms with Crippen LogP contribution in [0.2, 0.25) is 5.02 Å². The second-order valence-corrected chi connectivity index (χ2v) is 10.1. The van der Waals surface area contributed by atoms with Crippen LogP contribution in [-0.4, -0.2) is 29.6 Å². The van der Waals surface area contributed by atoms with Crippen molar-refractivity contribution in [3.63, 3.8) is 0 Å². The van der Waals surface area contributed by atoms with Crippen LogP contribution < -0.4 is 0 Å². The normalized spacial score (nSPS) is 19.8. The Morgan fingerprint density at radius 2 is 1.70 bits per heavy atom. The lowest BCUT2D eigenvalue weighted by Crippen LogP contribution is -2.53. The van der Waals surface area contributed by atoms with Crippen molar-refractivity contribution in [3.05, 3.63) is 64.7 Å². The zero-order valence-electron chi connectivity index (χ0n) is 19.1. The average molecular weight is 498 g/mol. The maximum atomic E-state index is 13.5. The third kappa shape index (κ3) is 6.07. The Morgan fingerprint density at radius 3 is 2.24 bits per heavy atom. The minimum absolute atomic E-state index is 0.213. The second kappa shape index (κ2) is 11.2. The standard InChI is InChI=1S/C24H25ClF3NOS.C2H6/c25-20-8-4-18(5-9-20)23(12-2-13-23)22(30)29-14-1-3-17(15-29)16-31-21-10-6-19(7-11-21)24(26,27)28;1-2/h4-11,17H,1-3,12-16H2;1-2H3. The molecule has 2 aromatic carbocycles. The number of halogens is 4. The number of piperidine rings is 1. The van der Waals surface area contributed by atoms with Crippen LogP contribution in [0.25, 0.3) is 0 Å². The van der Waals surface area contributed by atoms with Gasteiger partial charge in [0.2, 0.25) is 5.91 Å². The van der Waals surface area contributed by atoms with Crippen molar-refractivity contribution in [2.24, 2.45) is 5.92 Å². The number of thioether (sulfide) groups is 1. The molecule has 2 aliphatic rings. The van der Waals surface area contributed by atoms with E-state index in [1.807, 2.05) is 43.0 Å². The number of carbonyl (C=O) groups is 1. The topological polar surface area (TPSA) is 20.3 Å². The summed E-state index contributed by atoms with van der Waals surface area (Å²) in [5.74, 6) is 1.35. The van der Waals surface area contributed by atoms with Gasteiger partial charge in [-0.1, -0.05) is 44.0 Å². The molecular weight excluding hydrogens is 467 g/mol. The quantitative estimate of drug-likeness (QED) is 0.392. The highest BCUT2D eigenvalue weighted by Gasteiger charge is 2.48. The Morgan fingerprint density at radius 1 is 1.06 bits per heavy atom. The van der Waals surface area contributed by atoms with Crippen LogP contribution in [0.4, 0.5) is 13.2 Å². The number of alkyl halides is 3. The van der Waals surface area contributed by atoms with Gasteiger partial charge in [-0.15, -0.1) is 11.8 Å². The summed E-state index contributed by atoms with van der Waals surface area (Å²) in [7, 11) is 0. The molecule has 0 aromatic heterocycles. The van der Waals surface area contributed by atoms with Crippen molar-refractivity contribution in [2.75, 3.05) is 18.8 Å². The van der Waals surface area contributed by atoms with Gasteiger partial charge in [0.25, 0.3) is 0 Å². The molecule has 0 N–H and O–H groups in total. The molecule has 7 heteroatoms. The van der Waals surface area contributed by atoms with Gasteiger partial charge in [-0.05, 0) is 73.6 Å². The second-order valence-electron chi connectivity index (χ2n) is 8.54. The molecule has 1 aliphatic heterocycles. The first-order valence-electron chi connectivity index (χ1n) is 11.6. The van der Waals surface area contributed by atoms with Crippen molar-refractivity contribution >= 4 is 29.3 Å². The molecule has 1 amide bonds. The summed E-state index contributed by atoms with van der Waals surface area (Å²) in [5, 5.41) is 0.670. The molecule has 1 unspecified atom stereocenters. The van der Waals surface area contributed by atoms with E-state index in [4.69, 9.17) is 11.6 Å². The molecule has 33 heavy (non-hydrogen) atoms. The van der Waals surface area contributed by atoms with E-state index in [9.17, 15) is 18.0 Å². The Labute approximate surface area is 203 Å². The summed E-state index contributed by atoms with van der Waals surface area (Å²) in [6, 6.07) is 13.0. The van der Waals surface area contributed by atoms with Crippen molar-refractivity contribution in [1.82, 2.24) is 4.90 Å². The monoisotopic (exact) mass is 497 g/mol. The highest BCUT2D eigenvalue weighted by molar-refractivity contribution is 7.99. The molecule has 1 atom stereocenters. The van der Waals surface area contributed by atoms with Crippen molar-refractivity contribution < 1.29 is 18.0 Å². The highest BCUT2D eigenvalue weighted by Crippen LogP contribution is 2.46. The molecule has 2 fully saturated rings. The van der Waals surface area contributed by atoms with Crippen molar-refractivity contribution in [2.45, 2.75) is 62.4 Å². The Balaban J connectivity index is 0.00000149. The Hall–Kier alpha value is -1.66. The fourth-order valence-electron chi connectivity index (χ4n) is 4.57. The van der Waals surface area contributed by atoms with Gasteiger partial charge in [-0.3, -0.25) is 4.79 Å². The zero-order chi connectivity index (χ0) is 24.1. The maximum absolute atomic E-state index is 13.5. The largest absolute Gasteiger partial charge is 0.416 e. The summed E-state index contributed by atoms with van der Waals surface area (Å²) >= 11 is 7.60. The Kier molecular flexibility index (Phi) is 8.79. The highest BCUT2D eigenvalue weighted by atomic mass is 35.5. The van der Waals surface area contributed by atoms with E-state index in [1.165, 1.54) is 12.1 Å². The molecule has 1 saturated carbocycles. The number of likely N-dealkylation sites (tertiary alicyclic amines) is 1. The van der Waals surface area contributed by atoms with Gasteiger partial charge in [0, 0.05) is 28.8 Å². The molecule has 0 radical (unpaired) electrons. The van der Waals surface area contributed by atoms with Crippen LogP contribution in [-0.2, 0) is 16.4 Å². The lowest BCUT2D eigenvalue weighted by Gasteiger charge is -2.46. The van der Waals surface area contributed by atoms with Crippen LogP contribution in [0.5, 0.6) is 0 Å². The lowest BCUT2D eigenvalue weighted by molar-refractivity contribution is -0.142. The number of carbonyl (C=O) groups excluding carboxylic acids is 1. The molecule has 1 heterocycles. The fourth-order valence-corrected chi connectivity index (χ4v) is 5.72. The van der Waals surface area contributed by atoms with E-state index < -0.39 is 17.2 Å². The molecule has 2 aromatic rings. The van der Waals surface area contributed by atoms with Gasteiger partial charge < -0.3 is 4.90 Å². The van der Waals surface area contributed by atoms with Crippen LogP contribution >= 0.6 is 23.4 Å². The molecular formula is C26H31ClF3NOS. The molecule has 2 nitrogen and oxygen atoms in total. The third-order valence-electron chi connectivity index (χ3n) is 6.49. The summed E-state index contributed by atoms with van der Waals surface area (Å²) in [5.41, 5.74) is 0.00115. The van der Waals surface area contributed by atoms with Crippen molar-refractivity contribution in [1.29, 1.82) is 0 Å². The van der Waals surface area contributed by atoms with E-state index in [0.29, 0.717) is 17.5 Å². The molecule has 1 aliphatic carbocycles. The molecule has 0 spiro atoms. The number of rotatable bonds is 5. The van der Waals surface area contributed by atoms with E-state index in [2.05, 4.69) is 0 Å². The molecule has 180 valence electrons. The number of hydrogen-bond acceptors (Lipinski definition) is 2. The van der Waals surface area contributed by atoms with Crippen LogP contribution in [0, 0.1) is 5.92 Å². The van der Waals surface area contributed by atoms with E-state index in [-0.39, 0.29) is 5.91 Å². The van der Waals surface area contributed by atoms with Gasteiger partial charge in [0.15, 0.2) is 0 Å². The first kappa shape index (κ1) is 26.0. The van der Waals surface area contributed by atoms with Gasteiger partial charge in [0.05, 0.1) is 11.0 Å². The minimum atomic E-state index is -4.31. The Bertz CT molecular complexity index is 911. The van der Waals surface area contributed by atoms with Crippen LogP contribution in [0.3, 0.4) is 0 Å². The minimum Gasteiger partial charge on any atom is -0.342 e. The summed E-state index contributed by atoms with van der Waals surface area (Å²) < 4.78 is 38.2. The van der Waals surface area contributed by atoms with Crippen molar-refractivity contribution in [3.8, 4) is 0 Å². The molecule has 4 rings (SSSR count). The molecule has 0 bridgehead atoms. The van der Waals surface area contributed by atoms with Crippen LogP contribution in [0.1, 0.15) is 57.1 Å². The fraction of sp³-hybridized carbons (Fsp3) is 0.500. The average Bonchev–Trinajstić information content (AvgIpc) is 2.79. The van der Waals surface area contributed by atoms with Gasteiger partial charge >= 0.3 is 6.18 Å². The summed E-state index contributed by atoms with van der Waals surface area (Å²) in [6.45, 7) is 5.48. The predicted molar refractivity (Wildman–Crippen MR) is 130 cm³/mol. The molecule has 1 saturated heterocycles. The maximum Gasteiger partial charge on any atom is 0.416 e. The summed E-state index contributed by atoms with van der Waals surface area (Å²) in [4.78, 5) is 16.4. The third-order valence-corrected chi connectivity index (χ3v) is 7.98.